The Labute approximate surface area is 109 Å². The molecule has 1 aliphatic rings. The van der Waals surface area contributed by atoms with Crippen molar-refractivity contribution in [2.24, 2.45) is 11.8 Å². The van der Waals surface area contributed by atoms with Crippen LogP contribution in [-0.4, -0.2) is 37.6 Å². The van der Waals surface area contributed by atoms with E-state index in [1.54, 1.807) is 0 Å². The minimum atomic E-state index is -0.571. The van der Waals surface area contributed by atoms with E-state index < -0.39 is 6.04 Å². The predicted octanol–water partition coefficient (Wildman–Crippen LogP) is 0.688. The average molecular weight is 256 g/mol. The fourth-order valence-electron chi connectivity index (χ4n) is 2.27. The SMILES string of the molecule is COC(=O)C(NC(=O)C1NCCCC1C)C(C)C. The molecule has 0 saturated carbocycles. The van der Waals surface area contributed by atoms with E-state index in [0.29, 0.717) is 5.92 Å². The fourth-order valence-corrected chi connectivity index (χ4v) is 2.27. The predicted molar refractivity (Wildman–Crippen MR) is 69.0 cm³/mol. The minimum absolute atomic E-state index is 0.0142. The highest BCUT2D eigenvalue weighted by Crippen LogP contribution is 2.16. The highest BCUT2D eigenvalue weighted by Gasteiger charge is 2.32. The van der Waals surface area contributed by atoms with Crippen LogP contribution in [-0.2, 0) is 14.3 Å². The zero-order valence-corrected chi connectivity index (χ0v) is 11.7. The van der Waals surface area contributed by atoms with Gasteiger partial charge in [-0.3, -0.25) is 4.79 Å². The van der Waals surface area contributed by atoms with Gasteiger partial charge >= 0.3 is 5.97 Å². The van der Waals surface area contributed by atoms with E-state index in [0.717, 1.165) is 19.4 Å². The van der Waals surface area contributed by atoms with E-state index >= 15 is 0 Å². The number of amides is 1. The number of hydrogen-bond donors (Lipinski definition) is 2. The summed E-state index contributed by atoms with van der Waals surface area (Å²) in [5.74, 6) is -0.183. The first-order valence-corrected chi connectivity index (χ1v) is 6.59. The molecule has 3 atom stereocenters. The smallest absolute Gasteiger partial charge is 0.328 e. The number of nitrogens with one attached hydrogen (secondary N) is 2. The Kier molecular flexibility index (Phi) is 5.59. The Bertz CT molecular complexity index is 305. The Morgan fingerprint density at radius 2 is 2.06 bits per heavy atom. The summed E-state index contributed by atoms with van der Waals surface area (Å²) < 4.78 is 4.71. The average Bonchev–Trinajstić information content (AvgIpc) is 2.35. The molecule has 18 heavy (non-hydrogen) atoms. The molecular weight excluding hydrogens is 232 g/mol. The molecule has 5 heteroatoms. The maximum absolute atomic E-state index is 12.2. The molecule has 1 heterocycles. The van der Waals surface area contributed by atoms with Crippen molar-refractivity contribution < 1.29 is 14.3 Å². The van der Waals surface area contributed by atoms with Crippen molar-refractivity contribution in [1.82, 2.24) is 10.6 Å². The summed E-state index contributed by atoms with van der Waals surface area (Å²) >= 11 is 0. The molecule has 0 aliphatic carbocycles. The van der Waals surface area contributed by atoms with Crippen LogP contribution in [0, 0.1) is 11.8 Å². The molecule has 1 saturated heterocycles. The van der Waals surface area contributed by atoms with E-state index in [1.807, 2.05) is 13.8 Å². The van der Waals surface area contributed by atoms with Gasteiger partial charge in [0.15, 0.2) is 0 Å². The summed E-state index contributed by atoms with van der Waals surface area (Å²) in [5, 5.41) is 6.00. The normalized spacial score (nSPS) is 25.6. The molecule has 0 radical (unpaired) electrons. The minimum Gasteiger partial charge on any atom is -0.467 e. The Balaban J connectivity index is 2.63. The number of carbonyl (C=O) groups excluding carboxylic acids is 2. The van der Waals surface area contributed by atoms with Crippen LogP contribution in [0.3, 0.4) is 0 Å². The first-order valence-electron chi connectivity index (χ1n) is 6.59. The van der Waals surface area contributed by atoms with Crippen molar-refractivity contribution >= 4 is 11.9 Å². The van der Waals surface area contributed by atoms with Crippen molar-refractivity contribution in [2.45, 2.75) is 45.7 Å². The number of carbonyl (C=O) groups is 2. The number of rotatable bonds is 4. The van der Waals surface area contributed by atoms with Gasteiger partial charge in [0.25, 0.3) is 0 Å². The van der Waals surface area contributed by atoms with Gasteiger partial charge in [-0.1, -0.05) is 20.8 Å². The van der Waals surface area contributed by atoms with Gasteiger partial charge in [0, 0.05) is 0 Å². The van der Waals surface area contributed by atoms with Crippen molar-refractivity contribution in [3.63, 3.8) is 0 Å². The summed E-state index contributed by atoms with van der Waals surface area (Å²) in [4.78, 5) is 23.8. The number of methoxy groups -OCH3 is 1. The van der Waals surface area contributed by atoms with E-state index in [4.69, 9.17) is 4.74 Å². The molecule has 0 spiro atoms. The van der Waals surface area contributed by atoms with E-state index in [-0.39, 0.29) is 23.8 Å². The molecule has 0 aromatic carbocycles. The molecule has 2 N–H and O–H groups in total. The van der Waals surface area contributed by atoms with Gasteiger partial charge < -0.3 is 15.4 Å². The van der Waals surface area contributed by atoms with Crippen LogP contribution < -0.4 is 10.6 Å². The molecule has 0 aromatic heterocycles. The lowest BCUT2D eigenvalue weighted by Gasteiger charge is -2.30. The number of ether oxygens (including phenoxy) is 1. The third kappa shape index (κ3) is 3.70. The maximum Gasteiger partial charge on any atom is 0.328 e. The van der Waals surface area contributed by atoms with Crippen LogP contribution >= 0.6 is 0 Å². The van der Waals surface area contributed by atoms with E-state index in [2.05, 4.69) is 17.6 Å². The summed E-state index contributed by atoms with van der Waals surface area (Å²) in [6.07, 6.45) is 2.13. The first kappa shape index (κ1) is 15.0. The zero-order chi connectivity index (χ0) is 13.7. The van der Waals surface area contributed by atoms with Gasteiger partial charge in [-0.15, -0.1) is 0 Å². The number of hydrogen-bond acceptors (Lipinski definition) is 4. The topological polar surface area (TPSA) is 67.4 Å². The van der Waals surface area contributed by atoms with Crippen LogP contribution in [0.5, 0.6) is 0 Å². The standard InChI is InChI=1S/C13H24N2O3/c1-8(2)10(13(17)18-4)15-12(16)11-9(3)6-5-7-14-11/h8-11,14H,5-7H2,1-4H3,(H,15,16). The largest absolute Gasteiger partial charge is 0.467 e. The van der Waals surface area contributed by atoms with Gasteiger partial charge in [-0.25, -0.2) is 4.79 Å². The summed E-state index contributed by atoms with van der Waals surface area (Å²) in [6, 6.07) is -0.775. The van der Waals surface area contributed by atoms with Crippen molar-refractivity contribution in [3.05, 3.63) is 0 Å². The van der Waals surface area contributed by atoms with Crippen LogP contribution in [0.4, 0.5) is 0 Å². The number of esters is 1. The molecule has 0 bridgehead atoms. The quantitative estimate of drug-likeness (QED) is 0.726. The third-order valence-electron chi connectivity index (χ3n) is 3.47. The van der Waals surface area contributed by atoms with Gasteiger partial charge in [0.2, 0.25) is 5.91 Å². The first-order chi connectivity index (χ1) is 8.47. The molecule has 1 fully saturated rings. The molecular formula is C13H24N2O3. The second-order valence-electron chi connectivity index (χ2n) is 5.30. The molecule has 1 rings (SSSR count). The second kappa shape index (κ2) is 6.73. The fraction of sp³-hybridized carbons (Fsp3) is 0.846. The van der Waals surface area contributed by atoms with Gasteiger partial charge in [-0.2, -0.15) is 0 Å². The Morgan fingerprint density at radius 1 is 1.39 bits per heavy atom. The van der Waals surface area contributed by atoms with Crippen molar-refractivity contribution in [2.75, 3.05) is 13.7 Å². The molecule has 1 amide bonds. The van der Waals surface area contributed by atoms with Crippen LogP contribution in [0.25, 0.3) is 0 Å². The maximum atomic E-state index is 12.2. The molecule has 0 aromatic rings. The second-order valence-corrected chi connectivity index (χ2v) is 5.30. The lowest BCUT2D eigenvalue weighted by Crippen LogP contribution is -2.55. The lowest BCUT2D eigenvalue weighted by molar-refractivity contribution is -0.146. The van der Waals surface area contributed by atoms with Gasteiger partial charge in [0.05, 0.1) is 13.2 Å². The van der Waals surface area contributed by atoms with Crippen LogP contribution in [0.2, 0.25) is 0 Å². The van der Waals surface area contributed by atoms with Crippen molar-refractivity contribution in [1.29, 1.82) is 0 Å². The van der Waals surface area contributed by atoms with Crippen LogP contribution in [0.1, 0.15) is 33.6 Å². The third-order valence-corrected chi connectivity index (χ3v) is 3.47. The highest BCUT2D eigenvalue weighted by molar-refractivity contribution is 5.87. The summed E-state index contributed by atoms with van der Waals surface area (Å²) in [6.45, 7) is 6.69. The Hall–Kier alpha value is -1.10. The number of piperidine rings is 1. The highest BCUT2D eigenvalue weighted by atomic mass is 16.5. The van der Waals surface area contributed by atoms with Gasteiger partial charge in [0.1, 0.15) is 6.04 Å². The van der Waals surface area contributed by atoms with E-state index in [1.165, 1.54) is 7.11 Å². The monoisotopic (exact) mass is 256 g/mol. The lowest BCUT2D eigenvalue weighted by atomic mass is 9.91. The zero-order valence-electron chi connectivity index (χ0n) is 11.7. The summed E-state index contributed by atoms with van der Waals surface area (Å²) in [5.41, 5.74) is 0. The Morgan fingerprint density at radius 3 is 2.56 bits per heavy atom. The van der Waals surface area contributed by atoms with E-state index in [9.17, 15) is 9.59 Å². The summed E-state index contributed by atoms with van der Waals surface area (Å²) in [7, 11) is 1.34. The van der Waals surface area contributed by atoms with Gasteiger partial charge in [-0.05, 0) is 31.2 Å². The molecule has 5 nitrogen and oxygen atoms in total. The molecule has 104 valence electrons. The molecule has 1 aliphatic heterocycles. The van der Waals surface area contributed by atoms with Crippen LogP contribution in [0.15, 0.2) is 0 Å². The van der Waals surface area contributed by atoms with Crippen molar-refractivity contribution in [3.8, 4) is 0 Å². The molecule has 3 unspecified atom stereocenters.